The lowest BCUT2D eigenvalue weighted by Crippen LogP contribution is -2.46. The predicted octanol–water partition coefficient (Wildman–Crippen LogP) is 3.43. The van der Waals surface area contributed by atoms with E-state index >= 15 is 0 Å². The normalized spacial score (nSPS) is 15.4. The number of nitrogens with zero attached hydrogens (tertiary/aromatic N) is 3. The quantitative estimate of drug-likeness (QED) is 0.558. The molecular weight excluding hydrogens is 414 g/mol. The van der Waals surface area contributed by atoms with E-state index in [1.165, 1.54) is 36.7 Å². The Bertz CT molecular complexity index is 1160. The first-order valence-corrected chi connectivity index (χ1v) is 12.0. The Balaban J connectivity index is 1.62. The molecule has 0 spiro atoms. The fourth-order valence-corrected chi connectivity index (χ4v) is 5.52. The van der Waals surface area contributed by atoms with E-state index in [2.05, 4.69) is 22.8 Å². The molecule has 0 unspecified atom stereocenters. The van der Waals surface area contributed by atoms with Crippen LogP contribution in [0.4, 0.5) is 5.69 Å². The van der Waals surface area contributed by atoms with Crippen LogP contribution in [-0.2, 0) is 10.0 Å². The summed E-state index contributed by atoms with van der Waals surface area (Å²) in [4.78, 5) is 5.01. The summed E-state index contributed by atoms with van der Waals surface area (Å²) in [6.45, 7) is 7.43. The second-order valence-electron chi connectivity index (χ2n) is 7.71. The van der Waals surface area contributed by atoms with Crippen LogP contribution in [0.15, 0.2) is 53.6 Å². The molecule has 0 aliphatic carbocycles. The summed E-state index contributed by atoms with van der Waals surface area (Å²) in [5, 5.41) is 0.900. The molecule has 2 heterocycles. The topological polar surface area (TPSA) is 64.0 Å². The molecule has 166 valence electrons. The molecule has 31 heavy (non-hydrogen) atoms. The highest BCUT2D eigenvalue weighted by molar-refractivity contribution is 7.90. The average molecular weight is 444 g/mol. The van der Waals surface area contributed by atoms with E-state index in [1.807, 2.05) is 18.2 Å². The van der Waals surface area contributed by atoms with Crippen molar-refractivity contribution in [1.82, 2.24) is 8.87 Å². The number of aromatic nitrogens is 1. The number of hydrogen-bond acceptors (Lipinski definition) is 6. The van der Waals surface area contributed by atoms with Gasteiger partial charge in [0.1, 0.15) is 0 Å². The van der Waals surface area contributed by atoms with Gasteiger partial charge in [0.2, 0.25) is 0 Å². The Hall–Kier alpha value is -2.71. The third kappa shape index (κ3) is 4.09. The van der Waals surface area contributed by atoms with E-state index < -0.39 is 10.0 Å². The summed E-state index contributed by atoms with van der Waals surface area (Å²) in [6.07, 6.45) is 2.79. The molecule has 0 atom stereocenters. The molecule has 1 aliphatic rings. The Morgan fingerprint density at radius 1 is 0.903 bits per heavy atom. The van der Waals surface area contributed by atoms with Gasteiger partial charge in [0, 0.05) is 49.5 Å². The zero-order valence-corrected chi connectivity index (χ0v) is 19.1. The highest BCUT2D eigenvalue weighted by Crippen LogP contribution is 2.32. The SMILES string of the molecule is CCCN1CCN(c2ccc3c(ccn3S(=O)(=O)c3ccc(OC)c(OC)c3)c2)CC1. The van der Waals surface area contributed by atoms with E-state index in [0.29, 0.717) is 17.0 Å². The van der Waals surface area contributed by atoms with E-state index in [-0.39, 0.29) is 4.90 Å². The first kappa shape index (κ1) is 21.5. The number of rotatable bonds is 7. The van der Waals surface area contributed by atoms with Crippen molar-refractivity contribution in [3.8, 4) is 11.5 Å². The van der Waals surface area contributed by atoms with Crippen LogP contribution in [0.5, 0.6) is 11.5 Å². The van der Waals surface area contributed by atoms with Gasteiger partial charge in [-0.2, -0.15) is 0 Å². The summed E-state index contributed by atoms with van der Waals surface area (Å²) in [5.74, 6) is 0.868. The Morgan fingerprint density at radius 2 is 1.65 bits per heavy atom. The first-order chi connectivity index (χ1) is 15.0. The molecule has 0 radical (unpaired) electrons. The smallest absolute Gasteiger partial charge is 0.268 e. The molecule has 1 aromatic heterocycles. The van der Waals surface area contributed by atoms with E-state index in [9.17, 15) is 8.42 Å². The average Bonchev–Trinajstić information content (AvgIpc) is 3.23. The minimum absolute atomic E-state index is 0.152. The summed E-state index contributed by atoms with van der Waals surface area (Å²) in [5.41, 5.74) is 1.79. The molecule has 8 heteroatoms. The van der Waals surface area contributed by atoms with Gasteiger partial charge in [0.15, 0.2) is 11.5 Å². The highest BCUT2D eigenvalue weighted by Gasteiger charge is 2.22. The zero-order valence-electron chi connectivity index (χ0n) is 18.2. The number of hydrogen-bond donors (Lipinski definition) is 0. The van der Waals surface area contributed by atoms with Crippen molar-refractivity contribution >= 4 is 26.6 Å². The molecule has 4 rings (SSSR count). The van der Waals surface area contributed by atoms with Crippen LogP contribution in [0.2, 0.25) is 0 Å². The Morgan fingerprint density at radius 3 is 2.32 bits per heavy atom. The molecule has 7 nitrogen and oxygen atoms in total. The first-order valence-electron chi connectivity index (χ1n) is 10.5. The van der Waals surface area contributed by atoms with Crippen molar-refractivity contribution in [2.45, 2.75) is 18.2 Å². The van der Waals surface area contributed by atoms with Crippen LogP contribution < -0.4 is 14.4 Å². The molecule has 0 N–H and O–H groups in total. The Kier molecular flexibility index (Phi) is 6.11. The van der Waals surface area contributed by atoms with Gasteiger partial charge in [-0.3, -0.25) is 4.90 Å². The van der Waals surface area contributed by atoms with E-state index in [0.717, 1.165) is 43.8 Å². The lowest BCUT2D eigenvalue weighted by atomic mass is 10.2. The Labute approximate surface area is 183 Å². The second-order valence-corrected chi connectivity index (χ2v) is 9.52. The number of benzene rings is 2. The molecule has 2 aromatic carbocycles. The van der Waals surface area contributed by atoms with E-state index in [4.69, 9.17) is 9.47 Å². The van der Waals surface area contributed by atoms with Gasteiger partial charge in [-0.05, 0) is 49.4 Å². The van der Waals surface area contributed by atoms with Gasteiger partial charge in [-0.15, -0.1) is 0 Å². The minimum atomic E-state index is -3.77. The number of methoxy groups -OCH3 is 2. The molecule has 0 bridgehead atoms. The van der Waals surface area contributed by atoms with Gasteiger partial charge < -0.3 is 14.4 Å². The standard InChI is InChI=1S/C23H29N3O4S/c1-4-10-24-12-14-25(15-13-24)19-5-7-21-18(16-19)9-11-26(21)31(27,28)20-6-8-22(29-2)23(17-20)30-3/h5-9,11,16-17H,4,10,12-15H2,1-3H3. The summed E-state index contributed by atoms with van der Waals surface area (Å²) in [6, 6.07) is 12.5. The number of piperazine rings is 1. The zero-order chi connectivity index (χ0) is 22.0. The molecule has 1 saturated heterocycles. The largest absolute Gasteiger partial charge is 0.493 e. The van der Waals surface area contributed by atoms with Crippen molar-refractivity contribution in [2.75, 3.05) is 51.8 Å². The number of fused-ring (bicyclic) bond motifs is 1. The molecule has 0 saturated carbocycles. The maximum Gasteiger partial charge on any atom is 0.268 e. The van der Waals surface area contributed by atoms with Gasteiger partial charge >= 0.3 is 0 Å². The lowest BCUT2D eigenvalue weighted by molar-refractivity contribution is 0.258. The van der Waals surface area contributed by atoms with Gasteiger partial charge in [0.25, 0.3) is 10.0 Å². The summed E-state index contributed by atoms with van der Waals surface area (Å²) >= 11 is 0. The molecule has 1 fully saturated rings. The van der Waals surface area contributed by atoms with Crippen molar-refractivity contribution < 1.29 is 17.9 Å². The van der Waals surface area contributed by atoms with Gasteiger partial charge in [-0.1, -0.05) is 6.92 Å². The van der Waals surface area contributed by atoms with Crippen LogP contribution in [0.3, 0.4) is 0 Å². The summed E-state index contributed by atoms with van der Waals surface area (Å²) < 4.78 is 38.4. The molecule has 0 amide bonds. The molecule has 3 aromatic rings. The second kappa shape index (κ2) is 8.80. The third-order valence-electron chi connectivity index (χ3n) is 5.83. The van der Waals surface area contributed by atoms with Crippen molar-refractivity contribution in [3.05, 3.63) is 48.7 Å². The highest BCUT2D eigenvalue weighted by atomic mass is 32.2. The lowest BCUT2D eigenvalue weighted by Gasteiger charge is -2.36. The van der Waals surface area contributed by atoms with E-state index in [1.54, 1.807) is 12.3 Å². The van der Waals surface area contributed by atoms with Crippen LogP contribution in [-0.4, -0.2) is 64.2 Å². The summed E-state index contributed by atoms with van der Waals surface area (Å²) in [7, 11) is -0.761. The minimum Gasteiger partial charge on any atom is -0.493 e. The third-order valence-corrected chi connectivity index (χ3v) is 7.51. The fourth-order valence-electron chi connectivity index (χ4n) is 4.15. The van der Waals surface area contributed by atoms with Crippen LogP contribution >= 0.6 is 0 Å². The van der Waals surface area contributed by atoms with Crippen LogP contribution in [0, 0.1) is 0 Å². The maximum atomic E-state index is 13.3. The van der Waals surface area contributed by atoms with Gasteiger partial charge in [-0.25, -0.2) is 12.4 Å². The van der Waals surface area contributed by atoms with Gasteiger partial charge in [0.05, 0.1) is 24.6 Å². The number of anilines is 1. The maximum absolute atomic E-state index is 13.3. The molecule has 1 aliphatic heterocycles. The van der Waals surface area contributed by atoms with Crippen molar-refractivity contribution in [2.24, 2.45) is 0 Å². The van der Waals surface area contributed by atoms with Crippen molar-refractivity contribution in [1.29, 1.82) is 0 Å². The fraction of sp³-hybridized carbons (Fsp3) is 0.391. The van der Waals surface area contributed by atoms with Crippen molar-refractivity contribution in [3.63, 3.8) is 0 Å². The monoisotopic (exact) mass is 443 g/mol. The predicted molar refractivity (Wildman–Crippen MR) is 123 cm³/mol. The number of ether oxygens (including phenoxy) is 2. The molecular formula is C23H29N3O4S. The van der Waals surface area contributed by atoms with Crippen LogP contribution in [0.25, 0.3) is 10.9 Å². The van der Waals surface area contributed by atoms with Crippen LogP contribution in [0.1, 0.15) is 13.3 Å².